The summed E-state index contributed by atoms with van der Waals surface area (Å²) >= 11 is 3.33. The molecule has 0 saturated heterocycles. The summed E-state index contributed by atoms with van der Waals surface area (Å²) in [5, 5.41) is 2.94. The molecule has 0 amide bonds. The van der Waals surface area contributed by atoms with Crippen molar-refractivity contribution >= 4 is 15.9 Å². The lowest BCUT2D eigenvalue weighted by Gasteiger charge is -2.21. The Morgan fingerprint density at radius 3 is 2.50 bits per heavy atom. The molecule has 0 aliphatic heterocycles. The summed E-state index contributed by atoms with van der Waals surface area (Å²) in [7, 11) is 0. The molecule has 0 bridgehead atoms. The van der Waals surface area contributed by atoms with Crippen LogP contribution in [-0.2, 0) is 0 Å². The van der Waals surface area contributed by atoms with E-state index in [1.807, 2.05) is 13.8 Å². The van der Waals surface area contributed by atoms with Crippen molar-refractivity contribution in [3.05, 3.63) is 28.2 Å². The Labute approximate surface area is 125 Å². The van der Waals surface area contributed by atoms with Crippen molar-refractivity contribution < 1.29 is 17.9 Å². The van der Waals surface area contributed by atoms with Gasteiger partial charge in [0.05, 0.1) is 17.5 Å². The van der Waals surface area contributed by atoms with Gasteiger partial charge < -0.3 is 10.1 Å². The van der Waals surface area contributed by atoms with Gasteiger partial charge in [-0.05, 0) is 53.5 Å². The minimum Gasteiger partial charge on any atom is -0.493 e. The zero-order chi connectivity index (χ0) is 15.2. The standard InChI is InChI=1S/C14H19BrF3NO/c1-3-7-19-12(9-14(16,17)18)10-5-6-13(20-4-2)11(15)8-10/h5-6,8,12,19H,3-4,7,9H2,1-2H3. The summed E-state index contributed by atoms with van der Waals surface area (Å²) in [6.07, 6.45) is -4.30. The van der Waals surface area contributed by atoms with E-state index >= 15 is 0 Å². The molecule has 114 valence electrons. The van der Waals surface area contributed by atoms with Gasteiger partial charge >= 0.3 is 6.18 Å². The number of hydrogen-bond donors (Lipinski definition) is 1. The molecule has 0 heterocycles. The number of nitrogens with one attached hydrogen (secondary N) is 1. The van der Waals surface area contributed by atoms with Crippen molar-refractivity contribution in [2.24, 2.45) is 0 Å². The normalized spacial score (nSPS) is 13.3. The molecule has 1 atom stereocenters. The van der Waals surface area contributed by atoms with Crippen LogP contribution in [0.3, 0.4) is 0 Å². The molecule has 0 saturated carbocycles. The van der Waals surface area contributed by atoms with Crippen molar-refractivity contribution in [1.29, 1.82) is 0 Å². The average molecular weight is 354 g/mol. The van der Waals surface area contributed by atoms with Crippen LogP contribution < -0.4 is 10.1 Å². The summed E-state index contributed by atoms with van der Waals surface area (Å²) in [6, 6.07) is 4.32. The molecule has 0 spiro atoms. The molecular weight excluding hydrogens is 335 g/mol. The van der Waals surface area contributed by atoms with E-state index in [9.17, 15) is 13.2 Å². The van der Waals surface area contributed by atoms with Gasteiger partial charge in [0.15, 0.2) is 0 Å². The van der Waals surface area contributed by atoms with Crippen LogP contribution in [0.4, 0.5) is 13.2 Å². The number of rotatable bonds is 7. The van der Waals surface area contributed by atoms with Gasteiger partial charge in [-0.2, -0.15) is 13.2 Å². The van der Waals surface area contributed by atoms with Gasteiger partial charge in [-0.3, -0.25) is 0 Å². The number of alkyl halides is 3. The first-order valence-electron chi connectivity index (χ1n) is 6.59. The van der Waals surface area contributed by atoms with E-state index < -0.39 is 18.6 Å². The molecule has 0 radical (unpaired) electrons. The molecule has 6 heteroatoms. The highest BCUT2D eigenvalue weighted by atomic mass is 79.9. The molecule has 20 heavy (non-hydrogen) atoms. The van der Waals surface area contributed by atoms with Gasteiger partial charge in [-0.15, -0.1) is 0 Å². The largest absolute Gasteiger partial charge is 0.493 e. The van der Waals surface area contributed by atoms with E-state index in [4.69, 9.17) is 4.74 Å². The molecule has 1 unspecified atom stereocenters. The average Bonchev–Trinajstić information content (AvgIpc) is 2.36. The molecule has 1 aromatic carbocycles. The van der Waals surface area contributed by atoms with Crippen LogP contribution in [0.25, 0.3) is 0 Å². The Kier molecular flexibility index (Phi) is 6.82. The molecule has 1 rings (SSSR count). The van der Waals surface area contributed by atoms with Crippen LogP contribution in [-0.4, -0.2) is 19.3 Å². The smallest absolute Gasteiger partial charge is 0.390 e. The lowest BCUT2D eigenvalue weighted by Crippen LogP contribution is -2.27. The minimum atomic E-state index is -4.20. The van der Waals surface area contributed by atoms with Crippen molar-refractivity contribution in [3.8, 4) is 5.75 Å². The fraction of sp³-hybridized carbons (Fsp3) is 0.571. The molecule has 0 aliphatic rings. The summed E-state index contributed by atoms with van der Waals surface area (Å²) in [6.45, 7) is 4.84. The third kappa shape index (κ3) is 5.71. The SMILES string of the molecule is CCCNC(CC(F)(F)F)c1ccc(OCC)c(Br)c1. The summed E-state index contributed by atoms with van der Waals surface area (Å²) in [5.74, 6) is 0.637. The third-order valence-corrected chi connectivity index (χ3v) is 3.35. The highest BCUT2D eigenvalue weighted by Gasteiger charge is 2.32. The summed E-state index contributed by atoms with van der Waals surface area (Å²) in [4.78, 5) is 0. The number of benzene rings is 1. The third-order valence-electron chi connectivity index (χ3n) is 2.73. The molecule has 0 aromatic heterocycles. The van der Waals surface area contributed by atoms with Crippen molar-refractivity contribution in [2.75, 3.05) is 13.2 Å². The number of ether oxygens (including phenoxy) is 1. The maximum atomic E-state index is 12.6. The fourth-order valence-corrected chi connectivity index (χ4v) is 2.38. The Bertz CT molecular complexity index is 423. The van der Waals surface area contributed by atoms with E-state index in [1.165, 1.54) is 0 Å². The van der Waals surface area contributed by atoms with Gasteiger partial charge in [-0.1, -0.05) is 13.0 Å². The van der Waals surface area contributed by atoms with Gasteiger partial charge in [0.2, 0.25) is 0 Å². The first-order valence-corrected chi connectivity index (χ1v) is 7.39. The van der Waals surface area contributed by atoms with Gasteiger partial charge in [0, 0.05) is 6.04 Å². The molecule has 2 nitrogen and oxygen atoms in total. The van der Waals surface area contributed by atoms with Gasteiger partial charge in [0.1, 0.15) is 5.75 Å². The van der Waals surface area contributed by atoms with E-state index in [-0.39, 0.29) is 0 Å². The first kappa shape index (κ1) is 17.3. The molecule has 1 aromatic rings. The van der Waals surface area contributed by atoms with Crippen molar-refractivity contribution in [1.82, 2.24) is 5.32 Å². The molecular formula is C14H19BrF3NO. The second-order valence-corrected chi connectivity index (χ2v) is 5.30. The van der Waals surface area contributed by atoms with Crippen LogP contribution in [0.15, 0.2) is 22.7 Å². The molecule has 1 N–H and O–H groups in total. The Balaban J connectivity index is 2.92. The van der Waals surface area contributed by atoms with Crippen LogP contribution >= 0.6 is 15.9 Å². The predicted octanol–water partition coefficient (Wildman–Crippen LogP) is 4.84. The molecule has 0 fully saturated rings. The topological polar surface area (TPSA) is 21.3 Å². The maximum absolute atomic E-state index is 12.6. The predicted molar refractivity (Wildman–Crippen MR) is 77.0 cm³/mol. The number of halogens is 4. The monoisotopic (exact) mass is 353 g/mol. The van der Waals surface area contributed by atoms with E-state index in [1.54, 1.807) is 18.2 Å². The Hall–Kier alpha value is -0.750. The minimum absolute atomic E-state index is 0.512. The lowest BCUT2D eigenvalue weighted by atomic mass is 10.0. The van der Waals surface area contributed by atoms with Gasteiger partial charge in [-0.25, -0.2) is 0 Å². The van der Waals surface area contributed by atoms with E-state index in [2.05, 4.69) is 21.2 Å². The quantitative estimate of drug-likeness (QED) is 0.757. The van der Waals surface area contributed by atoms with Crippen molar-refractivity contribution in [3.63, 3.8) is 0 Å². The Morgan fingerprint density at radius 1 is 1.30 bits per heavy atom. The van der Waals surface area contributed by atoms with Crippen LogP contribution in [0.5, 0.6) is 5.75 Å². The zero-order valence-electron chi connectivity index (χ0n) is 11.6. The van der Waals surface area contributed by atoms with Gasteiger partial charge in [0.25, 0.3) is 0 Å². The Morgan fingerprint density at radius 2 is 2.00 bits per heavy atom. The lowest BCUT2D eigenvalue weighted by molar-refractivity contribution is -0.140. The second kappa shape index (κ2) is 7.88. The van der Waals surface area contributed by atoms with Crippen LogP contribution in [0.2, 0.25) is 0 Å². The van der Waals surface area contributed by atoms with Crippen LogP contribution in [0.1, 0.15) is 38.3 Å². The highest BCUT2D eigenvalue weighted by molar-refractivity contribution is 9.10. The summed E-state index contributed by atoms with van der Waals surface area (Å²) < 4.78 is 44.0. The highest BCUT2D eigenvalue weighted by Crippen LogP contribution is 2.33. The summed E-state index contributed by atoms with van der Waals surface area (Å²) in [5.41, 5.74) is 0.603. The molecule has 0 aliphatic carbocycles. The second-order valence-electron chi connectivity index (χ2n) is 4.45. The van der Waals surface area contributed by atoms with Crippen molar-refractivity contribution in [2.45, 2.75) is 38.9 Å². The van der Waals surface area contributed by atoms with Crippen LogP contribution in [0, 0.1) is 0 Å². The number of hydrogen-bond acceptors (Lipinski definition) is 2. The van der Waals surface area contributed by atoms with E-state index in [0.717, 1.165) is 6.42 Å². The van der Waals surface area contributed by atoms with E-state index in [0.29, 0.717) is 28.9 Å². The zero-order valence-corrected chi connectivity index (χ0v) is 13.1. The first-order chi connectivity index (χ1) is 9.37. The fourth-order valence-electron chi connectivity index (χ4n) is 1.86. The maximum Gasteiger partial charge on any atom is 0.390 e.